The number of aryl methyl sites for hydroxylation is 1. The van der Waals surface area contributed by atoms with Crippen molar-refractivity contribution in [2.45, 2.75) is 19.3 Å². The van der Waals surface area contributed by atoms with Crippen LogP contribution < -0.4 is 10.5 Å². The molecule has 1 aromatic rings. The third kappa shape index (κ3) is 1.43. The topological polar surface area (TPSA) is 53.2 Å². The van der Waals surface area contributed by atoms with Crippen LogP contribution in [0.15, 0.2) is 17.1 Å². The van der Waals surface area contributed by atoms with E-state index in [0.717, 1.165) is 24.1 Å². The maximum atomic E-state index is 11.5. The molecule has 0 aliphatic carbocycles. The van der Waals surface area contributed by atoms with E-state index in [9.17, 15) is 9.59 Å². The molecular formula is C10H12N2O2. The first-order valence-corrected chi connectivity index (χ1v) is 4.66. The Labute approximate surface area is 81.6 Å². The van der Waals surface area contributed by atoms with Crippen LogP contribution in [0.5, 0.6) is 0 Å². The molecule has 0 aromatic carbocycles. The molecule has 0 radical (unpaired) electrons. The Bertz CT molecular complexity index is 422. The molecule has 1 aliphatic heterocycles. The van der Waals surface area contributed by atoms with Crippen molar-refractivity contribution in [1.29, 1.82) is 0 Å². The number of aromatic amines is 1. The van der Waals surface area contributed by atoms with Crippen LogP contribution in [0.1, 0.15) is 18.4 Å². The van der Waals surface area contributed by atoms with Gasteiger partial charge in [-0.2, -0.15) is 0 Å². The monoisotopic (exact) mass is 192 g/mol. The van der Waals surface area contributed by atoms with Gasteiger partial charge in [-0.3, -0.25) is 9.59 Å². The van der Waals surface area contributed by atoms with Gasteiger partial charge in [0.05, 0.1) is 5.69 Å². The van der Waals surface area contributed by atoms with Gasteiger partial charge in [-0.05, 0) is 18.4 Å². The van der Waals surface area contributed by atoms with E-state index in [4.69, 9.17) is 0 Å². The van der Waals surface area contributed by atoms with E-state index in [2.05, 4.69) is 4.98 Å². The molecule has 1 aromatic heterocycles. The lowest BCUT2D eigenvalue weighted by Gasteiger charge is -2.16. The van der Waals surface area contributed by atoms with E-state index < -0.39 is 0 Å². The highest BCUT2D eigenvalue weighted by Crippen LogP contribution is 2.23. The average Bonchev–Trinajstić information content (AvgIpc) is 2.30. The number of nitrogens with zero attached hydrogens (tertiary/aromatic N) is 1. The SMILES string of the molecule is CN1C(=O)CCCc2c[nH]c(=O)cc21. The molecule has 0 unspecified atom stereocenters. The van der Waals surface area contributed by atoms with Crippen LogP contribution in [0.25, 0.3) is 0 Å². The van der Waals surface area contributed by atoms with Gasteiger partial charge < -0.3 is 9.88 Å². The molecule has 1 aliphatic rings. The highest BCUT2D eigenvalue weighted by atomic mass is 16.2. The fourth-order valence-corrected chi connectivity index (χ4v) is 1.74. The average molecular weight is 192 g/mol. The van der Waals surface area contributed by atoms with Crippen molar-refractivity contribution < 1.29 is 4.79 Å². The van der Waals surface area contributed by atoms with Crippen molar-refractivity contribution in [3.63, 3.8) is 0 Å². The van der Waals surface area contributed by atoms with E-state index >= 15 is 0 Å². The molecule has 2 rings (SSSR count). The van der Waals surface area contributed by atoms with E-state index in [1.165, 1.54) is 6.07 Å². The van der Waals surface area contributed by atoms with Gasteiger partial charge in [-0.15, -0.1) is 0 Å². The van der Waals surface area contributed by atoms with Crippen LogP contribution in [0, 0.1) is 0 Å². The molecule has 2 heterocycles. The van der Waals surface area contributed by atoms with Crippen LogP contribution in [-0.4, -0.2) is 17.9 Å². The minimum Gasteiger partial charge on any atom is -0.329 e. The minimum atomic E-state index is -0.162. The van der Waals surface area contributed by atoms with Crippen LogP contribution >= 0.6 is 0 Å². The Hall–Kier alpha value is -1.58. The second-order valence-electron chi connectivity index (χ2n) is 3.51. The van der Waals surface area contributed by atoms with E-state index in [0.29, 0.717) is 6.42 Å². The predicted octanol–water partition coefficient (Wildman–Crippen LogP) is 0.674. The summed E-state index contributed by atoms with van der Waals surface area (Å²) in [5.41, 5.74) is 1.62. The first kappa shape index (κ1) is 8.99. The summed E-state index contributed by atoms with van der Waals surface area (Å²) in [6.07, 6.45) is 3.95. The lowest BCUT2D eigenvalue weighted by atomic mass is 10.1. The summed E-state index contributed by atoms with van der Waals surface area (Å²) < 4.78 is 0. The van der Waals surface area contributed by atoms with Gasteiger partial charge in [0.1, 0.15) is 0 Å². The molecule has 4 heteroatoms. The number of hydrogen-bond acceptors (Lipinski definition) is 2. The molecule has 1 N–H and O–H groups in total. The smallest absolute Gasteiger partial charge is 0.250 e. The summed E-state index contributed by atoms with van der Waals surface area (Å²) in [4.78, 5) is 26.8. The third-order valence-electron chi connectivity index (χ3n) is 2.56. The molecule has 0 saturated carbocycles. The Kier molecular flexibility index (Phi) is 2.11. The number of amides is 1. The summed E-state index contributed by atoms with van der Waals surface area (Å²) >= 11 is 0. The number of aromatic nitrogens is 1. The number of H-pyrrole nitrogens is 1. The van der Waals surface area contributed by atoms with Gasteiger partial charge in [0.15, 0.2) is 0 Å². The molecule has 14 heavy (non-hydrogen) atoms. The van der Waals surface area contributed by atoms with Crippen molar-refractivity contribution in [3.05, 3.63) is 28.2 Å². The van der Waals surface area contributed by atoms with Crippen molar-refractivity contribution in [2.75, 3.05) is 11.9 Å². The van der Waals surface area contributed by atoms with Crippen molar-refractivity contribution in [1.82, 2.24) is 4.98 Å². The highest BCUT2D eigenvalue weighted by molar-refractivity contribution is 5.94. The number of fused-ring (bicyclic) bond motifs is 1. The van der Waals surface area contributed by atoms with Crippen molar-refractivity contribution in [2.24, 2.45) is 0 Å². The molecule has 0 saturated heterocycles. The van der Waals surface area contributed by atoms with Gasteiger partial charge in [-0.25, -0.2) is 0 Å². The molecule has 0 bridgehead atoms. The second kappa shape index (κ2) is 3.29. The maximum Gasteiger partial charge on any atom is 0.250 e. The lowest BCUT2D eigenvalue weighted by Crippen LogP contribution is -2.26. The molecule has 0 fully saturated rings. The van der Waals surface area contributed by atoms with Gasteiger partial charge in [0, 0.05) is 25.7 Å². The first-order valence-electron chi connectivity index (χ1n) is 4.66. The second-order valence-corrected chi connectivity index (χ2v) is 3.51. The number of carbonyl (C=O) groups excluding carboxylic acids is 1. The van der Waals surface area contributed by atoms with E-state index in [1.54, 1.807) is 18.1 Å². The Balaban J connectivity index is 2.55. The normalized spacial score (nSPS) is 16.4. The number of carbonyl (C=O) groups is 1. The van der Waals surface area contributed by atoms with Crippen molar-refractivity contribution >= 4 is 11.6 Å². The summed E-state index contributed by atoms with van der Waals surface area (Å²) in [6, 6.07) is 1.48. The van der Waals surface area contributed by atoms with Gasteiger partial charge >= 0.3 is 0 Å². The number of pyridine rings is 1. The van der Waals surface area contributed by atoms with Crippen LogP contribution in [-0.2, 0) is 11.2 Å². The fourth-order valence-electron chi connectivity index (χ4n) is 1.74. The predicted molar refractivity (Wildman–Crippen MR) is 53.4 cm³/mol. The number of rotatable bonds is 0. The number of nitrogens with one attached hydrogen (secondary N) is 1. The zero-order chi connectivity index (χ0) is 10.1. The van der Waals surface area contributed by atoms with Gasteiger partial charge in [0.2, 0.25) is 11.5 Å². The Morgan fingerprint density at radius 2 is 2.14 bits per heavy atom. The maximum absolute atomic E-state index is 11.5. The molecule has 1 amide bonds. The lowest BCUT2D eigenvalue weighted by molar-refractivity contribution is -0.118. The molecule has 74 valence electrons. The standard InChI is InChI=1S/C10H12N2O2/c1-12-8-5-9(13)11-6-7(8)3-2-4-10(12)14/h5-6H,2-4H2,1H3,(H,11,13). The largest absolute Gasteiger partial charge is 0.329 e. The third-order valence-corrected chi connectivity index (χ3v) is 2.56. The molecule has 0 atom stereocenters. The van der Waals surface area contributed by atoms with Crippen molar-refractivity contribution in [3.8, 4) is 0 Å². The van der Waals surface area contributed by atoms with Gasteiger partial charge in [0.25, 0.3) is 0 Å². The molecular weight excluding hydrogens is 180 g/mol. The fraction of sp³-hybridized carbons (Fsp3) is 0.400. The Morgan fingerprint density at radius 3 is 2.93 bits per heavy atom. The summed E-state index contributed by atoms with van der Waals surface area (Å²) in [6.45, 7) is 0. The summed E-state index contributed by atoms with van der Waals surface area (Å²) in [7, 11) is 1.71. The molecule has 0 spiro atoms. The van der Waals surface area contributed by atoms with Crippen LogP contribution in [0.3, 0.4) is 0 Å². The molecule has 4 nitrogen and oxygen atoms in total. The minimum absolute atomic E-state index is 0.0781. The quantitative estimate of drug-likeness (QED) is 0.657. The van der Waals surface area contributed by atoms with Gasteiger partial charge in [-0.1, -0.05) is 0 Å². The van der Waals surface area contributed by atoms with Crippen LogP contribution in [0.2, 0.25) is 0 Å². The number of anilines is 1. The summed E-state index contributed by atoms with van der Waals surface area (Å²) in [5, 5.41) is 0. The van der Waals surface area contributed by atoms with E-state index in [1.807, 2.05) is 0 Å². The number of hydrogen-bond donors (Lipinski definition) is 1. The van der Waals surface area contributed by atoms with E-state index in [-0.39, 0.29) is 11.5 Å². The Morgan fingerprint density at radius 1 is 1.36 bits per heavy atom. The zero-order valence-electron chi connectivity index (χ0n) is 8.04. The highest BCUT2D eigenvalue weighted by Gasteiger charge is 2.18. The van der Waals surface area contributed by atoms with Crippen LogP contribution in [0.4, 0.5) is 5.69 Å². The zero-order valence-corrected chi connectivity index (χ0v) is 8.04. The first-order chi connectivity index (χ1) is 6.68. The summed E-state index contributed by atoms with van der Waals surface area (Å²) in [5.74, 6) is 0.0781.